The monoisotopic (exact) mass is 193 g/mol. The van der Waals surface area contributed by atoms with Gasteiger partial charge in [0.2, 0.25) is 5.91 Å². The fourth-order valence-corrected chi connectivity index (χ4v) is 1.26. The molecule has 0 fully saturated rings. The van der Waals surface area contributed by atoms with Crippen molar-refractivity contribution in [3.8, 4) is 5.75 Å². The topological polar surface area (TPSA) is 49.3 Å². The largest absolute Gasteiger partial charge is 0.508 e. The van der Waals surface area contributed by atoms with Gasteiger partial charge in [0.15, 0.2) is 0 Å². The second kappa shape index (κ2) is 4.13. The number of rotatable bonds is 2. The standard InChI is InChI=1S/C11H15NO2/c1-4-10(14)12-11-7(2)5-6-9(13)8(11)3/h5-6,13H,4H2,1-3H3,(H,12,14). The lowest BCUT2D eigenvalue weighted by molar-refractivity contribution is -0.115. The zero-order valence-corrected chi connectivity index (χ0v) is 8.72. The lowest BCUT2D eigenvalue weighted by atomic mass is 10.1. The quantitative estimate of drug-likeness (QED) is 0.757. The molecule has 76 valence electrons. The molecule has 0 heterocycles. The molecular weight excluding hydrogens is 178 g/mol. The first-order chi connectivity index (χ1) is 6.56. The van der Waals surface area contributed by atoms with Crippen LogP contribution in [0.15, 0.2) is 12.1 Å². The third-order valence-electron chi connectivity index (χ3n) is 2.23. The number of nitrogens with one attached hydrogen (secondary N) is 1. The normalized spacial score (nSPS) is 9.93. The lowest BCUT2D eigenvalue weighted by Crippen LogP contribution is -2.11. The lowest BCUT2D eigenvalue weighted by Gasteiger charge is -2.11. The maximum Gasteiger partial charge on any atom is 0.224 e. The Labute approximate surface area is 83.8 Å². The number of phenols is 1. The number of carbonyl (C=O) groups is 1. The molecule has 0 aliphatic carbocycles. The van der Waals surface area contributed by atoms with E-state index < -0.39 is 0 Å². The molecule has 1 rings (SSSR count). The molecule has 3 heteroatoms. The van der Waals surface area contributed by atoms with Crippen molar-refractivity contribution in [1.82, 2.24) is 0 Å². The molecular formula is C11H15NO2. The highest BCUT2D eigenvalue weighted by molar-refractivity contribution is 5.92. The first kappa shape index (κ1) is 10.6. The van der Waals surface area contributed by atoms with Gasteiger partial charge in [-0.1, -0.05) is 13.0 Å². The van der Waals surface area contributed by atoms with Crippen LogP contribution in [-0.4, -0.2) is 11.0 Å². The van der Waals surface area contributed by atoms with Gasteiger partial charge in [-0.3, -0.25) is 4.79 Å². The minimum atomic E-state index is -0.0400. The third-order valence-corrected chi connectivity index (χ3v) is 2.23. The van der Waals surface area contributed by atoms with Crippen LogP contribution in [0.5, 0.6) is 5.75 Å². The van der Waals surface area contributed by atoms with Gasteiger partial charge in [0.1, 0.15) is 5.75 Å². The minimum absolute atomic E-state index is 0.0400. The van der Waals surface area contributed by atoms with Crippen LogP contribution in [0.2, 0.25) is 0 Å². The van der Waals surface area contributed by atoms with E-state index in [4.69, 9.17) is 0 Å². The molecule has 2 N–H and O–H groups in total. The number of anilines is 1. The first-order valence-corrected chi connectivity index (χ1v) is 4.65. The third kappa shape index (κ3) is 2.05. The average Bonchev–Trinajstić information content (AvgIpc) is 2.18. The van der Waals surface area contributed by atoms with Gasteiger partial charge in [0, 0.05) is 12.0 Å². The number of hydrogen-bond donors (Lipinski definition) is 2. The van der Waals surface area contributed by atoms with Crippen LogP contribution in [0.4, 0.5) is 5.69 Å². The van der Waals surface area contributed by atoms with E-state index in [9.17, 15) is 9.90 Å². The van der Waals surface area contributed by atoms with Crippen LogP contribution in [0.3, 0.4) is 0 Å². The van der Waals surface area contributed by atoms with Crippen molar-refractivity contribution in [3.05, 3.63) is 23.3 Å². The first-order valence-electron chi connectivity index (χ1n) is 4.65. The van der Waals surface area contributed by atoms with E-state index >= 15 is 0 Å². The Morgan fingerprint density at radius 3 is 2.64 bits per heavy atom. The summed E-state index contributed by atoms with van der Waals surface area (Å²) >= 11 is 0. The average molecular weight is 193 g/mol. The van der Waals surface area contributed by atoms with Gasteiger partial charge in [-0.05, 0) is 25.5 Å². The number of hydrogen-bond acceptors (Lipinski definition) is 2. The van der Waals surface area contributed by atoms with Crippen molar-refractivity contribution in [3.63, 3.8) is 0 Å². The Balaban J connectivity index is 3.06. The molecule has 0 saturated heterocycles. The maximum absolute atomic E-state index is 11.2. The van der Waals surface area contributed by atoms with Crippen molar-refractivity contribution < 1.29 is 9.90 Å². The van der Waals surface area contributed by atoms with Gasteiger partial charge in [-0.15, -0.1) is 0 Å². The van der Waals surface area contributed by atoms with Crippen LogP contribution in [-0.2, 0) is 4.79 Å². The summed E-state index contributed by atoms with van der Waals surface area (Å²) in [5.74, 6) is 0.170. The highest BCUT2D eigenvalue weighted by atomic mass is 16.3. The van der Waals surface area contributed by atoms with Crippen LogP contribution < -0.4 is 5.32 Å². The minimum Gasteiger partial charge on any atom is -0.508 e. The van der Waals surface area contributed by atoms with Crippen LogP contribution in [0.1, 0.15) is 24.5 Å². The van der Waals surface area contributed by atoms with E-state index in [0.717, 1.165) is 11.3 Å². The molecule has 14 heavy (non-hydrogen) atoms. The predicted molar refractivity (Wildman–Crippen MR) is 56.5 cm³/mol. The van der Waals surface area contributed by atoms with Gasteiger partial charge >= 0.3 is 0 Å². The summed E-state index contributed by atoms with van der Waals surface area (Å²) in [5.41, 5.74) is 2.39. The molecule has 0 bridgehead atoms. The van der Waals surface area contributed by atoms with Crippen LogP contribution in [0.25, 0.3) is 0 Å². The second-order valence-electron chi connectivity index (χ2n) is 3.30. The Bertz CT molecular complexity index is 359. The van der Waals surface area contributed by atoms with E-state index in [1.54, 1.807) is 26.0 Å². The molecule has 1 aromatic rings. The Morgan fingerprint density at radius 2 is 2.07 bits per heavy atom. The Hall–Kier alpha value is -1.51. The highest BCUT2D eigenvalue weighted by Gasteiger charge is 2.08. The molecule has 0 radical (unpaired) electrons. The van der Waals surface area contributed by atoms with E-state index in [1.807, 2.05) is 6.92 Å². The van der Waals surface area contributed by atoms with E-state index in [-0.39, 0.29) is 11.7 Å². The smallest absolute Gasteiger partial charge is 0.224 e. The van der Waals surface area contributed by atoms with Gasteiger partial charge in [-0.25, -0.2) is 0 Å². The van der Waals surface area contributed by atoms with Gasteiger partial charge in [-0.2, -0.15) is 0 Å². The summed E-state index contributed by atoms with van der Waals surface area (Å²) in [6.07, 6.45) is 0.439. The molecule has 3 nitrogen and oxygen atoms in total. The number of phenolic OH excluding ortho intramolecular Hbond substituents is 1. The highest BCUT2D eigenvalue weighted by Crippen LogP contribution is 2.27. The van der Waals surface area contributed by atoms with Crippen LogP contribution >= 0.6 is 0 Å². The van der Waals surface area contributed by atoms with Crippen molar-refractivity contribution in [2.24, 2.45) is 0 Å². The van der Waals surface area contributed by atoms with Gasteiger partial charge in [0.25, 0.3) is 0 Å². The number of amides is 1. The number of aromatic hydroxyl groups is 1. The van der Waals surface area contributed by atoms with E-state index in [1.165, 1.54) is 0 Å². The number of carbonyl (C=O) groups excluding carboxylic acids is 1. The second-order valence-corrected chi connectivity index (χ2v) is 3.30. The number of benzene rings is 1. The summed E-state index contributed by atoms with van der Waals surface area (Å²) in [4.78, 5) is 11.2. The van der Waals surface area contributed by atoms with Crippen molar-refractivity contribution in [2.45, 2.75) is 27.2 Å². The fourth-order valence-electron chi connectivity index (χ4n) is 1.26. The fraction of sp³-hybridized carbons (Fsp3) is 0.364. The summed E-state index contributed by atoms with van der Waals surface area (Å²) in [5, 5.41) is 12.2. The molecule has 0 saturated carbocycles. The molecule has 0 atom stereocenters. The SMILES string of the molecule is CCC(=O)Nc1c(C)ccc(O)c1C. The molecule has 0 spiro atoms. The van der Waals surface area contributed by atoms with Crippen molar-refractivity contribution >= 4 is 11.6 Å². The predicted octanol–water partition coefficient (Wildman–Crippen LogP) is 2.36. The van der Waals surface area contributed by atoms with Gasteiger partial charge in [0.05, 0.1) is 5.69 Å². The zero-order valence-electron chi connectivity index (χ0n) is 8.72. The Morgan fingerprint density at radius 1 is 1.43 bits per heavy atom. The van der Waals surface area contributed by atoms with Crippen molar-refractivity contribution in [1.29, 1.82) is 0 Å². The van der Waals surface area contributed by atoms with E-state index in [2.05, 4.69) is 5.32 Å². The summed E-state index contributed by atoms with van der Waals surface area (Å²) < 4.78 is 0. The number of aryl methyl sites for hydroxylation is 1. The Kier molecular flexibility index (Phi) is 3.12. The molecule has 1 amide bonds. The molecule has 0 aliphatic rings. The summed E-state index contributed by atoms with van der Waals surface area (Å²) in [6.45, 7) is 5.48. The van der Waals surface area contributed by atoms with Crippen molar-refractivity contribution in [2.75, 3.05) is 5.32 Å². The summed E-state index contributed by atoms with van der Waals surface area (Å²) in [7, 11) is 0. The molecule has 0 aromatic heterocycles. The van der Waals surface area contributed by atoms with E-state index in [0.29, 0.717) is 12.0 Å². The molecule has 1 aromatic carbocycles. The van der Waals surface area contributed by atoms with Gasteiger partial charge < -0.3 is 10.4 Å². The molecule has 0 unspecified atom stereocenters. The molecule has 0 aliphatic heterocycles. The summed E-state index contributed by atoms with van der Waals surface area (Å²) in [6, 6.07) is 3.42. The zero-order chi connectivity index (χ0) is 10.7. The van der Waals surface area contributed by atoms with Crippen LogP contribution in [0, 0.1) is 13.8 Å². The maximum atomic E-state index is 11.2.